The first-order chi connectivity index (χ1) is 13.9. The van der Waals surface area contributed by atoms with Crippen LogP contribution in [0.25, 0.3) is 10.9 Å². The number of ether oxygens (including phenoxy) is 1. The minimum Gasteiger partial charge on any atom is -0.369 e. The number of para-hydroxylation sites is 1. The van der Waals surface area contributed by atoms with Crippen molar-refractivity contribution in [3.8, 4) is 0 Å². The Bertz CT molecular complexity index is 1010. The number of hydrogen-bond acceptors (Lipinski definition) is 5. The van der Waals surface area contributed by atoms with Crippen molar-refractivity contribution in [2.75, 3.05) is 20.2 Å². The maximum absolute atomic E-state index is 13.3. The first-order valence-electron chi connectivity index (χ1n) is 10.0. The number of β-lactam (4-membered cyclic amide) rings is 1. The van der Waals surface area contributed by atoms with Crippen LogP contribution in [0.5, 0.6) is 0 Å². The van der Waals surface area contributed by atoms with Crippen molar-refractivity contribution in [3.05, 3.63) is 36.5 Å². The summed E-state index contributed by atoms with van der Waals surface area (Å²) in [7, 11) is -2.06. The Balaban J connectivity index is 1.53. The minimum absolute atomic E-state index is 0.0246. The molecule has 2 fully saturated rings. The van der Waals surface area contributed by atoms with E-state index < -0.39 is 16.1 Å². The monoisotopic (exact) mass is 417 g/mol. The van der Waals surface area contributed by atoms with Gasteiger partial charge in [-0.1, -0.05) is 18.2 Å². The Labute approximate surface area is 171 Å². The number of carbonyl (C=O) groups is 1. The van der Waals surface area contributed by atoms with E-state index in [1.165, 1.54) is 0 Å². The van der Waals surface area contributed by atoms with Gasteiger partial charge in [0.2, 0.25) is 10.0 Å². The number of nitrogens with zero attached hydrogens (tertiary/aromatic N) is 3. The molecule has 156 valence electrons. The molecule has 1 amide bonds. The Morgan fingerprint density at radius 3 is 2.48 bits per heavy atom. The summed E-state index contributed by atoms with van der Waals surface area (Å²) in [6.45, 7) is 4.88. The summed E-state index contributed by atoms with van der Waals surface area (Å²) in [6, 6.07) is 9.06. The number of fused-ring (bicyclic) bond motifs is 1. The molecule has 3 heterocycles. The van der Waals surface area contributed by atoms with Gasteiger partial charge in [0.25, 0.3) is 5.91 Å². The molecule has 0 radical (unpaired) electrons. The highest BCUT2D eigenvalue weighted by Gasteiger charge is 2.52. The summed E-state index contributed by atoms with van der Waals surface area (Å²) in [5.74, 6) is 0.265. The molecule has 0 spiro atoms. The van der Waals surface area contributed by atoms with Crippen LogP contribution in [0, 0.1) is 5.92 Å². The number of sulfonamides is 1. The molecule has 7 nitrogen and oxygen atoms in total. The van der Waals surface area contributed by atoms with Gasteiger partial charge in [-0.2, -0.15) is 4.31 Å². The Morgan fingerprint density at radius 1 is 1.14 bits per heavy atom. The van der Waals surface area contributed by atoms with Crippen molar-refractivity contribution in [1.82, 2.24) is 14.2 Å². The lowest BCUT2D eigenvalue weighted by atomic mass is 9.79. The van der Waals surface area contributed by atoms with E-state index in [2.05, 4.69) is 4.98 Å². The quantitative estimate of drug-likeness (QED) is 0.698. The largest absolute Gasteiger partial charge is 0.369 e. The van der Waals surface area contributed by atoms with E-state index in [0.29, 0.717) is 31.4 Å². The SMILES string of the molecule is CO[C@H]1C(=O)N(C(C)C)[C@H]1C1CCN(S(=O)(=O)c2cccc3cccnc23)CC1. The number of hydrogen-bond donors (Lipinski definition) is 0. The predicted molar refractivity (Wildman–Crippen MR) is 110 cm³/mol. The van der Waals surface area contributed by atoms with Gasteiger partial charge in [-0.15, -0.1) is 0 Å². The molecular formula is C21H27N3O4S. The second-order valence-corrected chi connectivity index (χ2v) is 9.97. The molecule has 4 rings (SSSR count). The van der Waals surface area contributed by atoms with Crippen molar-refractivity contribution >= 4 is 26.8 Å². The molecule has 1 aromatic carbocycles. The van der Waals surface area contributed by atoms with E-state index in [9.17, 15) is 13.2 Å². The van der Waals surface area contributed by atoms with E-state index in [0.717, 1.165) is 5.39 Å². The van der Waals surface area contributed by atoms with Gasteiger partial charge in [0.15, 0.2) is 6.10 Å². The molecule has 29 heavy (non-hydrogen) atoms. The molecule has 0 aliphatic carbocycles. The van der Waals surface area contributed by atoms with Gasteiger partial charge in [-0.05, 0) is 44.7 Å². The van der Waals surface area contributed by atoms with E-state index in [1.807, 2.05) is 30.9 Å². The van der Waals surface area contributed by atoms with Crippen LogP contribution in [0.2, 0.25) is 0 Å². The molecule has 2 aromatic rings. The number of likely N-dealkylation sites (tertiary alicyclic amines) is 1. The van der Waals surface area contributed by atoms with Crippen LogP contribution in [0.4, 0.5) is 0 Å². The summed E-state index contributed by atoms with van der Waals surface area (Å²) in [5.41, 5.74) is 0.507. The molecule has 8 heteroatoms. The van der Waals surface area contributed by atoms with Crippen LogP contribution in [0.15, 0.2) is 41.4 Å². The van der Waals surface area contributed by atoms with Gasteiger partial charge in [0.05, 0.1) is 11.6 Å². The number of carbonyl (C=O) groups excluding carboxylic acids is 1. The Kier molecular flexibility index (Phi) is 5.35. The second-order valence-electron chi connectivity index (χ2n) is 8.06. The molecule has 0 unspecified atom stereocenters. The second kappa shape index (κ2) is 7.66. The van der Waals surface area contributed by atoms with Crippen LogP contribution < -0.4 is 0 Å². The van der Waals surface area contributed by atoms with E-state index in [4.69, 9.17) is 4.74 Å². The topological polar surface area (TPSA) is 79.8 Å². The normalized spacial score (nSPS) is 24.3. The fraction of sp³-hybridized carbons (Fsp3) is 0.524. The first kappa shape index (κ1) is 20.3. The van der Waals surface area contributed by atoms with Crippen molar-refractivity contribution < 1.29 is 17.9 Å². The Morgan fingerprint density at radius 2 is 1.83 bits per heavy atom. The third kappa shape index (κ3) is 3.33. The molecule has 2 atom stereocenters. The van der Waals surface area contributed by atoms with Crippen molar-refractivity contribution in [1.29, 1.82) is 0 Å². The zero-order chi connectivity index (χ0) is 20.8. The van der Waals surface area contributed by atoms with E-state index >= 15 is 0 Å². The molecule has 0 saturated carbocycles. The molecule has 2 aliphatic rings. The van der Waals surface area contributed by atoms with Crippen molar-refractivity contribution in [2.24, 2.45) is 5.92 Å². The number of aromatic nitrogens is 1. The lowest BCUT2D eigenvalue weighted by Gasteiger charge is -2.53. The third-order valence-electron chi connectivity index (χ3n) is 6.13. The van der Waals surface area contributed by atoms with Crippen LogP contribution in [-0.2, 0) is 19.6 Å². The summed E-state index contributed by atoms with van der Waals surface area (Å²) in [6.07, 6.45) is 2.62. The average Bonchev–Trinajstić information content (AvgIpc) is 2.71. The molecular weight excluding hydrogens is 390 g/mol. The number of rotatable bonds is 5. The van der Waals surface area contributed by atoms with Crippen LogP contribution in [0.3, 0.4) is 0 Å². The van der Waals surface area contributed by atoms with E-state index in [1.54, 1.807) is 35.8 Å². The fourth-order valence-corrected chi connectivity index (χ4v) is 6.33. The predicted octanol–water partition coefficient (Wildman–Crippen LogP) is 2.27. The number of benzene rings is 1. The van der Waals surface area contributed by atoms with Crippen LogP contribution in [0.1, 0.15) is 26.7 Å². The Hall–Kier alpha value is -2.03. The van der Waals surface area contributed by atoms with Gasteiger partial charge >= 0.3 is 0 Å². The average molecular weight is 418 g/mol. The van der Waals surface area contributed by atoms with Crippen LogP contribution >= 0.6 is 0 Å². The van der Waals surface area contributed by atoms with Gasteiger partial charge in [-0.3, -0.25) is 9.78 Å². The number of piperidine rings is 1. The highest BCUT2D eigenvalue weighted by atomic mass is 32.2. The smallest absolute Gasteiger partial charge is 0.254 e. The zero-order valence-electron chi connectivity index (χ0n) is 17.0. The third-order valence-corrected chi connectivity index (χ3v) is 8.06. The number of amides is 1. The van der Waals surface area contributed by atoms with Gasteiger partial charge in [0, 0.05) is 37.8 Å². The lowest BCUT2D eigenvalue weighted by Crippen LogP contribution is -2.70. The van der Waals surface area contributed by atoms with Gasteiger partial charge in [0.1, 0.15) is 4.90 Å². The van der Waals surface area contributed by atoms with Gasteiger partial charge < -0.3 is 9.64 Å². The van der Waals surface area contributed by atoms with Crippen molar-refractivity contribution in [2.45, 2.75) is 49.8 Å². The molecule has 2 aliphatic heterocycles. The van der Waals surface area contributed by atoms with Crippen LogP contribution in [-0.4, -0.2) is 66.9 Å². The summed E-state index contributed by atoms with van der Waals surface area (Å²) < 4.78 is 33.6. The zero-order valence-corrected chi connectivity index (χ0v) is 17.8. The minimum atomic E-state index is -3.63. The first-order valence-corrected chi connectivity index (χ1v) is 11.5. The maximum atomic E-state index is 13.3. The number of pyridine rings is 1. The lowest BCUT2D eigenvalue weighted by molar-refractivity contribution is -0.181. The highest BCUT2D eigenvalue weighted by Crippen LogP contribution is 2.37. The summed E-state index contributed by atoms with van der Waals surface area (Å²) >= 11 is 0. The summed E-state index contributed by atoms with van der Waals surface area (Å²) in [5, 5.41) is 0.812. The summed E-state index contributed by atoms with van der Waals surface area (Å²) in [4.78, 5) is 18.8. The van der Waals surface area contributed by atoms with E-state index in [-0.39, 0.29) is 28.8 Å². The van der Waals surface area contributed by atoms with Gasteiger partial charge in [-0.25, -0.2) is 8.42 Å². The maximum Gasteiger partial charge on any atom is 0.254 e. The standard InChI is InChI=1S/C21H27N3O4S/c1-14(2)24-19(20(28-3)21(24)25)16-9-12-23(13-10-16)29(26,27)17-8-4-6-15-7-5-11-22-18(15)17/h4-8,11,14,16,19-20H,9-10,12-13H2,1-3H3/t19-,20+/m0/s1. The molecule has 2 saturated heterocycles. The highest BCUT2D eigenvalue weighted by molar-refractivity contribution is 7.89. The van der Waals surface area contributed by atoms with Crippen molar-refractivity contribution in [3.63, 3.8) is 0 Å². The molecule has 0 N–H and O–H groups in total. The number of methoxy groups -OCH3 is 1. The molecule has 0 bridgehead atoms. The molecule has 1 aromatic heterocycles. The fourth-order valence-electron chi connectivity index (χ4n) is 4.70.